The molecule has 1 N–H and O–H groups in total. The molecule has 226 valence electrons. The van der Waals surface area contributed by atoms with Crippen LogP contribution in [0.25, 0.3) is 10.9 Å². The quantitative estimate of drug-likeness (QED) is 0.249. The van der Waals surface area contributed by atoms with Gasteiger partial charge >= 0.3 is 13.6 Å². The number of halogens is 3. The maximum Gasteiger partial charge on any atom is 0.361 e. The number of esters is 1. The van der Waals surface area contributed by atoms with Crippen molar-refractivity contribution in [2.75, 3.05) is 26.9 Å². The van der Waals surface area contributed by atoms with Crippen LogP contribution in [0.15, 0.2) is 42.6 Å². The number of fused-ring (bicyclic) bond motifs is 1. The lowest BCUT2D eigenvalue weighted by molar-refractivity contribution is -0.139. The van der Waals surface area contributed by atoms with Crippen LogP contribution in [0.3, 0.4) is 0 Å². The fourth-order valence-corrected chi connectivity index (χ4v) is 6.70. The number of carbonyl (C=O) groups is 3. The summed E-state index contributed by atoms with van der Waals surface area (Å²) in [5, 5.41) is 3.09. The number of methoxy groups -OCH3 is 1. The SMILES string of the molecule is CCOP(=O)(OCC)c1ccc2c(C(=O)OC)cn(CC(=O)N3CC(F)CC3C(=O)NCc3cccc(Cl)c3F)c2c1. The van der Waals surface area contributed by atoms with Gasteiger partial charge in [0.2, 0.25) is 11.8 Å². The summed E-state index contributed by atoms with van der Waals surface area (Å²) < 4.78 is 59.4. The van der Waals surface area contributed by atoms with E-state index in [0.29, 0.717) is 10.9 Å². The smallest absolute Gasteiger partial charge is 0.361 e. The van der Waals surface area contributed by atoms with Gasteiger partial charge in [0.15, 0.2) is 0 Å². The Hall–Kier alpha value is -3.31. The number of hydrogen-bond donors (Lipinski definition) is 1. The molecular formula is C28H31ClF2N3O7P. The molecule has 2 atom stereocenters. The zero-order valence-corrected chi connectivity index (χ0v) is 24.9. The van der Waals surface area contributed by atoms with Crippen molar-refractivity contribution in [1.29, 1.82) is 0 Å². The molecule has 1 aliphatic heterocycles. The van der Waals surface area contributed by atoms with E-state index in [0.717, 1.165) is 4.90 Å². The summed E-state index contributed by atoms with van der Waals surface area (Å²) in [7, 11) is -2.49. The maximum atomic E-state index is 14.5. The minimum Gasteiger partial charge on any atom is -0.465 e. The van der Waals surface area contributed by atoms with Crippen molar-refractivity contribution in [1.82, 2.24) is 14.8 Å². The Labute approximate surface area is 246 Å². The fraction of sp³-hybridized carbons (Fsp3) is 0.393. The van der Waals surface area contributed by atoms with Crippen molar-refractivity contribution < 1.29 is 41.5 Å². The van der Waals surface area contributed by atoms with E-state index in [-0.39, 0.29) is 60.7 Å². The predicted molar refractivity (Wildman–Crippen MR) is 152 cm³/mol. The molecule has 2 aromatic carbocycles. The molecule has 3 aromatic rings. The number of rotatable bonds is 11. The molecule has 1 aromatic heterocycles. The number of nitrogens with zero attached hydrogens (tertiary/aromatic N) is 2. The Morgan fingerprint density at radius 2 is 1.86 bits per heavy atom. The van der Waals surface area contributed by atoms with Gasteiger partial charge < -0.3 is 28.6 Å². The number of carbonyl (C=O) groups excluding carboxylic acids is 3. The van der Waals surface area contributed by atoms with Crippen LogP contribution in [0.2, 0.25) is 5.02 Å². The van der Waals surface area contributed by atoms with Crippen LogP contribution in [0, 0.1) is 5.82 Å². The summed E-state index contributed by atoms with van der Waals surface area (Å²) in [6, 6.07) is 7.81. The minimum atomic E-state index is -3.71. The van der Waals surface area contributed by atoms with E-state index in [1.54, 1.807) is 19.9 Å². The van der Waals surface area contributed by atoms with Crippen molar-refractivity contribution >= 4 is 53.2 Å². The first kappa shape index (κ1) is 31.6. The van der Waals surface area contributed by atoms with Crippen LogP contribution in [0.4, 0.5) is 8.78 Å². The molecule has 2 heterocycles. The number of benzene rings is 2. The van der Waals surface area contributed by atoms with Gasteiger partial charge in [-0.1, -0.05) is 29.8 Å². The van der Waals surface area contributed by atoms with Crippen LogP contribution in [0.5, 0.6) is 0 Å². The highest BCUT2D eigenvalue weighted by Gasteiger charge is 2.40. The number of likely N-dealkylation sites (tertiary alicyclic amines) is 1. The molecular weight excluding hydrogens is 595 g/mol. The monoisotopic (exact) mass is 625 g/mol. The van der Waals surface area contributed by atoms with Gasteiger partial charge in [-0.15, -0.1) is 0 Å². The number of hydrogen-bond acceptors (Lipinski definition) is 7. The van der Waals surface area contributed by atoms with Crippen LogP contribution < -0.4 is 10.6 Å². The first-order valence-corrected chi connectivity index (χ1v) is 15.2. The van der Waals surface area contributed by atoms with Crippen molar-refractivity contribution in [3.8, 4) is 0 Å². The Kier molecular flexibility index (Phi) is 10.0. The largest absolute Gasteiger partial charge is 0.465 e. The Morgan fingerprint density at radius 3 is 2.52 bits per heavy atom. The third-order valence-corrected chi connectivity index (χ3v) is 9.25. The molecule has 0 aliphatic carbocycles. The first-order valence-electron chi connectivity index (χ1n) is 13.3. The van der Waals surface area contributed by atoms with Gasteiger partial charge in [0.25, 0.3) is 0 Å². The molecule has 0 radical (unpaired) electrons. The third kappa shape index (κ3) is 6.52. The van der Waals surface area contributed by atoms with Crippen molar-refractivity contribution in [3.05, 3.63) is 64.6 Å². The van der Waals surface area contributed by atoms with Crippen molar-refractivity contribution in [2.24, 2.45) is 0 Å². The Morgan fingerprint density at radius 1 is 1.14 bits per heavy atom. The zero-order chi connectivity index (χ0) is 30.6. The van der Waals surface area contributed by atoms with Crippen molar-refractivity contribution in [2.45, 2.75) is 45.6 Å². The van der Waals surface area contributed by atoms with Crippen LogP contribution in [-0.2, 0) is 41.0 Å². The molecule has 14 heteroatoms. The molecule has 0 saturated carbocycles. The number of nitrogens with one attached hydrogen (secondary N) is 1. The molecule has 2 unspecified atom stereocenters. The van der Waals surface area contributed by atoms with Gasteiger partial charge in [-0.05, 0) is 32.0 Å². The van der Waals surface area contributed by atoms with E-state index >= 15 is 0 Å². The van der Waals surface area contributed by atoms with Gasteiger partial charge in [0.1, 0.15) is 24.6 Å². The molecule has 1 saturated heterocycles. The molecule has 1 aliphatic rings. The van der Waals surface area contributed by atoms with Gasteiger partial charge in [0.05, 0.1) is 48.3 Å². The predicted octanol–water partition coefficient (Wildman–Crippen LogP) is 4.37. The fourth-order valence-electron chi connectivity index (χ4n) is 4.91. The summed E-state index contributed by atoms with van der Waals surface area (Å²) in [6.45, 7) is 2.70. The molecule has 2 amide bonds. The average molecular weight is 626 g/mol. The van der Waals surface area contributed by atoms with E-state index < -0.39 is 43.4 Å². The van der Waals surface area contributed by atoms with Crippen LogP contribution in [0.1, 0.15) is 36.2 Å². The molecule has 1 fully saturated rings. The van der Waals surface area contributed by atoms with Gasteiger partial charge in [-0.25, -0.2) is 13.6 Å². The number of amides is 2. The van der Waals surface area contributed by atoms with Gasteiger partial charge in [0, 0.05) is 30.1 Å². The highest BCUT2D eigenvalue weighted by atomic mass is 35.5. The summed E-state index contributed by atoms with van der Waals surface area (Å²) in [4.78, 5) is 40.1. The summed E-state index contributed by atoms with van der Waals surface area (Å²) in [5.74, 6) is -2.58. The van der Waals surface area contributed by atoms with Crippen LogP contribution >= 0.6 is 19.2 Å². The summed E-state index contributed by atoms with van der Waals surface area (Å²) >= 11 is 5.80. The van der Waals surface area contributed by atoms with E-state index in [4.69, 9.17) is 25.4 Å². The average Bonchev–Trinajstić information content (AvgIpc) is 3.54. The van der Waals surface area contributed by atoms with E-state index in [1.807, 2.05) is 0 Å². The van der Waals surface area contributed by atoms with Crippen molar-refractivity contribution in [3.63, 3.8) is 0 Å². The van der Waals surface area contributed by atoms with Crippen LogP contribution in [-0.4, -0.2) is 66.3 Å². The molecule has 10 nitrogen and oxygen atoms in total. The maximum absolute atomic E-state index is 14.5. The topological polar surface area (TPSA) is 116 Å². The molecule has 4 rings (SSSR count). The number of ether oxygens (including phenoxy) is 1. The minimum absolute atomic E-state index is 0.101. The lowest BCUT2D eigenvalue weighted by Gasteiger charge is -2.24. The normalized spacial score (nSPS) is 17.0. The van der Waals surface area contributed by atoms with Gasteiger partial charge in [-0.3, -0.25) is 14.2 Å². The Balaban J connectivity index is 1.62. The lowest BCUT2D eigenvalue weighted by Crippen LogP contribution is -2.46. The first-order chi connectivity index (χ1) is 20.0. The highest BCUT2D eigenvalue weighted by molar-refractivity contribution is 7.62. The Bertz CT molecular complexity index is 1540. The lowest BCUT2D eigenvalue weighted by atomic mass is 10.1. The second-order valence-corrected chi connectivity index (χ2v) is 12.0. The highest BCUT2D eigenvalue weighted by Crippen LogP contribution is 2.47. The summed E-state index contributed by atoms with van der Waals surface area (Å²) in [5.41, 5.74) is 0.649. The second-order valence-electron chi connectivity index (χ2n) is 9.52. The number of alkyl halides is 1. The third-order valence-electron chi connectivity index (χ3n) is 6.85. The molecule has 0 spiro atoms. The number of aromatic nitrogens is 1. The van der Waals surface area contributed by atoms with E-state index in [9.17, 15) is 27.7 Å². The van der Waals surface area contributed by atoms with E-state index in [1.165, 1.54) is 48.2 Å². The zero-order valence-electron chi connectivity index (χ0n) is 23.3. The second kappa shape index (κ2) is 13.3. The summed E-state index contributed by atoms with van der Waals surface area (Å²) in [6.07, 6.45) is -0.273. The molecule has 42 heavy (non-hydrogen) atoms. The molecule has 0 bridgehead atoms. The van der Waals surface area contributed by atoms with E-state index in [2.05, 4.69) is 5.32 Å². The standard InChI is InChI=1S/C28H31ClF2N3O7P/c1-4-40-42(38,41-5-2)19-9-10-20-21(28(37)39-3)15-33(23(20)12-19)16-25(35)34-14-18(30)11-24(34)27(36)32-13-17-7-6-8-22(29)26(17)31/h6-10,12,15,18,24H,4-5,11,13-14,16H2,1-3H3,(H,32,36). The van der Waals surface area contributed by atoms with Gasteiger partial charge in [-0.2, -0.15) is 0 Å².